The molecule has 2 aromatic carbocycles. The summed E-state index contributed by atoms with van der Waals surface area (Å²) in [5, 5.41) is -0.0329. The average molecular weight is 667 g/mol. The summed E-state index contributed by atoms with van der Waals surface area (Å²) in [6.45, 7) is 5.00. The van der Waals surface area contributed by atoms with E-state index in [0.29, 0.717) is 37.8 Å². The molecule has 5 aliphatic rings. The fourth-order valence-electron chi connectivity index (χ4n) is 8.43. The predicted octanol–water partition coefficient (Wildman–Crippen LogP) is 6.21. The van der Waals surface area contributed by atoms with Gasteiger partial charge in [-0.05, 0) is 124 Å². The number of aryl methyl sites for hydroxylation is 1. The van der Waals surface area contributed by atoms with E-state index in [1.165, 1.54) is 18.1 Å². The highest BCUT2D eigenvalue weighted by Gasteiger charge is 2.45. The first-order valence-corrected chi connectivity index (χ1v) is 18.7. The third-order valence-electron chi connectivity index (χ3n) is 11.2. The SMILES string of the molecule is CC(=O)O[C@H]1/C=C\C[C@@H](C2CC2)[C@@H](C)S(=O)(=O)NC(=O)c2ccc3c(c2)N(C[C@@H]2CC[C@H]21)C[C@@]1(CCCc2cc(Cl)ccc21)CO3. The minimum Gasteiger partial charge on any atom is -0.490 e. The van der Waals surface area contributed by atoms with Gasteiger partial charge in [0.25, 0.3) is 5.91 Å². The van der Waals surface area contributed by atoms with Crippen LogP contribution in [0.2, 0.25) is 5.02 Å². The molecule has 7 rings (SSSR count). The van der Waals surface area contributed by atoms with Crippen molar-refractivity contribution in [3.05, 3.63) is 70.3 Å². The number of rotatable bonds is 2. The number of anilines is 1. The number of benzene rings is 2. The predicted molar refractivity (Wildman–Crippen MR) is 178 cm³/mol. The van der Waals surface area contributed by atoms with Crippen LogP contribution >= 0.6 is 11.6 Å². The monoisotopic (exact) mass is 666 g/mol. The molecule has 246 valence electrons. The maximum Gasteiger partial charge on any atom is 0.303 e. The van der Waals surface area contributed by atoms with Gasteiger partial charge in [-0.2, -0.15) is 0 Å². The third-order valence-corrected chi connectivity index (χ3v) is 13.3. The lowest BCUT2D eigenvalue weighted by Gasteiger charge is -2.46. The van der Waals surface area contributed by atoms with Gasteiger partial charge in [0.2, 0.25) is 10.0 Å². The molecule has 1 spiro atoms. The van der Waals surface area contributed by atoms with Crippen LogP contribution in [0.1, 0.15) is 80.3 Å². The van der Waals surface area contributed by atoms with Crippen molar-refractivity contribution < 1.29 is 27.5 Å². The summed E-state index contributed by atoms with van der Waals surface area (Å²) in [5.41, 5.74) is 3.27. The normalized spacial score (nSPS) is 32.9. The molecule has 1 amide bonds. The molecule has 3 aliphatic carbocycles. The highest BCUT2D eigenvalue weighted by atomic mass is 35.5. The molecule has 0 radical (unpaired) electrons. The van der Waals surface area contributed by atoms with Crippen molar-refractivity contribution in [2.75, 3.05) is 24.6 Å². The van der Waals surface area contributed by atoms with Crippen LogP contribution in [0.25, 0.3) is 0 Å². The van der Waals surface area contributed by atoms with Crippen molar-refractivity contribution >= 4 is 39.2 Å². The fraction of sp³-hybridized carbons (Fsp3) is 0.556. The number of carbonyl (C=O) groups excluding carboxylic acids is 2. The maximum atomic E-state index is 13.6. The Morgan fingerprint density at radius 1 is 1.09 bits per heavy atom. The molecule has 2 aromatic rings. The van der Waals surface area contributed by atoms with Gasteiger partial charge in [-0.3, -0.25) is 9.59 Å². The van der Waals surface area contributed by atoms with Gasteiger partial charge < -0.3 is 14.4 Å². The summed E-state index contributed by atoms with van der Waals surface area (Å²) in [6, 6.07) is 11.4. The van der Waals surface area contributed by atoms with Crippen LogP contribution in [0.4, 0.5) is 5.69 Å². The maximum absolute atomic E-state index is 13.6. The molecule has 2 heterocycles. The molecular weight excluding hydrogens is 624 g/mol. The Morgan fingerprint density at radius 3 is 2.63 bits per heavy atom. The first-order valence-electron chi connectivity index (χ1n) is 16.7. The van der Waals surface area contributed by atoms with Crippen LogP contribution in [0.15, 0.2) is 48.6 Å². The largest absolute Gasteiger partial charge is 0.490 e. The molecule has 0 aromatic heterocycles. The summed E-state index contributed by atoms with van der Waals surface area (Å²) in [4.78, 5) is 28.2. The van der Waals surface area contributed by atoms with Crippen LogP contribution in [-0.2, 0) is 31.4 Å². The Kier molecular flexibility index (Phi) is 8.37. The van der Waals surface area contributed by atoms with Gasteiger partial charge in [-0.25, -0.2) is 13.1 Å². The quantitative estimate of drug-likeness (QED) is 0.301. The minimum absolute atomic E-state index is 0.134. The van der Waals surface area contributed by atoms with E-state index in [-0.39, 0.29) is 40.8 Å². The summed E-state index contributed by atoms with van der Waals surface area (Å²) in [7, 11) is -3.96. The van der Waals surface area contributed by atoms with Gasteiger partial charge in [0, 0.05) is 41.9 Å². The molecule has 46 heavy (non-hydrogen) atoms. The molecule has 2 bridgehead atoms. The minimum atomic E-state index is -3.96. The van der Waals surface area contributed by atoms with Gasteiger partial charge >= 0.3 is 5.97 Å². The van der Waals surface area contributed by atoms with Crippen molar-refractivity contribution in [3.63, 3.8) is 0 Å². The van der Waals surface area contributed by atoms with Gasteiger partial charge in [-0.1, -0.05) is 23.7 Å². The van der Waals surface area contributed by atoms with Crippen LogP contribution < -0.4 is 14.4 Å². The second kappa shape index (κ2) is 12.2. The molecule has 1 N–H and O–H groups in total. The Morgan fingerprint density at radius 2 is 1.89 bits per heavy atom. The first kappa shape index (κ1) is 31.6. The summed E-state index contributed by atoms with van der Waals surface area (Å²) in [5.74, 6) is 0.287. The zero-order valence-corrected chi connectivity index (χ0v) is 28.1. The van der Waals surface area contributed by atoms with E-state index >= 15 is 0 Å². The molecule has 0 unspecified atom stereocenters. The van der Waals surface area contributed by atoms with Crippen molar-refractivity contribution in [2.24, 2.45) is 23.7 Å². The zero-order valence-electron chi connectivity index (χ0n) is 26.5. The number of sulfonamides is 1. The lowest BCUT2D eigenvalue weighted by atomic mass is 9.68. The van der Waals surface area contributed by atoms with E-state index < -0.39 is 21.2 Å². The van der Waals surface area contributed by atoms with Crippen LogP contribution in [0, 0.1) is 23.7 Å². The van der Waals surface area contributed by atoms with Crippen molar-refractivity contribution in [2.45, 2.75) is 82.0 Å². The van der Waals surface area contributed by atoms with Crippen molar-refractivity contribution in [1.82, 2.24) is 4.72 Å². The number of allylic oxidation sites excluding steroid dienone is 1. The number of esters is 1. The fourth-order valence-corrected chi connectivity index (χ4v) is 9.98. The average Bonchev–Trinajstić information content (AvgIpc) is 3.84. The number of hydrogen-bond acceptors (Lipinski definition) is 7. The molecular formula is C36H43ClN2O6S. The van der Waals surface area contributed by atoms with E-state index in [9.17, 15) is 18.0 Å². The second-order valence-electron chi connectivity index (χ2n) is 14.2. The lowest BCUT2D eigenvalue weighted by molar-refractivity contribution is -0.149. The van der Waals surface area contributed by atoms with Crippen molar-refractivity contribution in [1.29, 1.82) is 0 Å². The number of ether oxygens (including phenoxy) is 2. The van der Waals surface area contributed by atoms with E-state index in [4.69, 9.17) is 21.1 Å². The summed E-state index contributed by atoms with van der Waals surface area (Å²) >= 11 is 6.42. The van der Waals surface area contributed by atoms with Crippen LogP contribution in [0.5, 0.6) is 5.75 Å². The molecule has 2 saturated carbocycles. The second-order valence-corrected chi connectivity index (χ2v) is 16.7. The molecule has 6 atom stereocenters. The lowest BCUT2D eigenvalue weighted by Crippen LogP contribution is -2.50. The van der Waals surface area contributed by atoms with E-state index in [1.807, 2.05) is 18.2 Å². The van der Waals surface area contributed by atoms with Gasteiger partial charge in [0.15, 0.2) is 0 Å². The van der Waals surface area contributed by atoms with E-state index in [0.717, 1.165) is 55.7 Å². The number of carbonyl (C=O) groups is 2. The highest BCUT2D eigenvalue weighted by molar-refractivity contribution is 7.90. The zero-order chi connectivity index (χ0) is 32.2. The standard InChI is InChI=1S/C36H43ClN2O6S/c1-22-29(24-8-9-24)6-3-7-33(45-23(2)40)30-13-10-27(30)19-39-20-36(16-4-5-25-17-28(37)12-14-31(25)36)21-44-34-15-11-26(18-32(34)39)35(41)38-46(22,42)43/h3,7,11-12,14-15,17-18,22,24,27,29-30,33H,4-6,8-10,13,16,19-21H2,1-2H3,(H,38,41)/b7-3-/t22-,27+,29-,30-,33+,36+/m1/s1. The molecule has 2 aliphatic heterocycles. The Balaban J connectivity index is 1.30. The van der Waals surface area contributed by atoms with Gasteiger partial charge in [0.1, 0.15) is 11.9 Å². The smallest absolute Gasteiger partial charge is 0.303 e. The number of nitrogens with zero attached hydrogens (tertiary/aromatic N) is 1. The Labute approximate surface area is 276 Å². The molecule has 10 heteroatoms. The van der Waals surface area contributed by atoms with Crippen LogP contribution in [-0.4, -0.2) is 51.3 Å². The number of amides is 1. The van der Waals surface area contributed by atoms with E-state index in [1.54, 1.807) is 25.1 Å². The van der Waals surface area contributed by atoms with Gasteiger partial charge in [0.05, 0.1) is 17.5 Å². The summed E-state index contributed by atoms with van der Waals surface area (Å²) < 4.78 is 42.1. The first-order chi connectivity index (χ1) is 22.0. The molecule has 8 nitrogen and oxygen atoms in total. The summed E-state index contributed by atoms with van der Waals surface area (Å²) in [6.07, 6.45) is 11.0. The third kappa shape index (κ3) is 6.05. The molecule has 0 saturated heterocycles. The number of halogens is 1. The van der Waals surface area contributed by atoms with Gasteiger partial charge in [-0.15, -0.1) is 0 Å². The number of fused-ring (bicyclic) bond motifs is 4. The van der Waals surface area contributed by atoms with Crippen LogP contribution in [0.3, 0.4) is 0 Å². The highest BCUT2D eigenvalue weighted by Crippen LogP contribution is 2.47. The topological polar surface area (TPSA) is 102 Å². The Hall–Kier alpha value is -3.04. The van der Waals surface area contributed by atoms with E-state index in [2.05, 4.69) is 21.8 Å². The number of nitrogens with one attached hydrogen (secondary N) is 1. The Bertz CT molecular complexity index is 1670. The van der Waals surface area contributed by atoms with Crippen molar-refractivity contribution in [3.8, 4) is 5.75 Å². The molecule has 2 fully saturated rings. The number of hydrogen-bond donors (Lipinski definition) is 1.